The van der Waals surface area contributed by atoms with Gasteiger partial charge in [0, 0.05) is 17.3 Å². The van der Waals surface area contributed by atoms with Gasteiger partial charge in [-0.1, -0.05) is 30.3 Å². The fourth-order valence-electron chi connectivity index (χ4n) is 2.26. The van der Waals surface area contributed by atoms with Crippen LogP contribution >= 0.6 is 0 Å². The van der Waals surface area contributed by atoms with Gasteiger partial charge in [-0.2, -0.15) is 0 Å². The molecule has 7 heteroatoms. The third-order valence-corrected chi connectivity index (χ3v) is 3.41. The van der Waals surface area contributed by atoms with E-state index in [2.05, 4.69) is 20.8 Å². The van der Waals surface area contributed by atoms with Gasteiger partial charge >= 0.3 is 0 Å². The molecule has 23 heavy (non-hydrogen) atoms. The van der Waals surface area contributed by atoms with Crippen molar-refractivity contribution in [3.05, 3.63) is 54.2 Å². The molecule has 1 aliphatic rings. The molecule has 0 saturated carbocycles. The van der Waals surface area contributed by atoms with E-state index in [0.717, 1.165) is 16.8 Å². The number of hydrazine groups is 1. The molecule has 1 unspecified atom stereocenters. The monoisotopic (exact) mass is 309 g/mol. The zero-order valence-corrected chi connectivity index (χ0v) is 12.2. The fourth-order valence-corrected chi connectivity index (χ4v) is 2.26. The summed E-state index contributed by atoms with van der Waals surface area (Å²) in [4.78, 5) is 31.2. The smallest absolute Gasteiger partial charge is 0.263 e. The van der Waals surface area contributed by atoms with Crippen molar-refractivity contribution in [2.75, 3.05) is 0 Å². The first-order chi connectivity index (χ1) is 11.1. The molecule has 3 rings (SSSR count). The lowest BCUT2D eigenvalue weighted by Gasteiger charge is -2.21. The van der Waals surface area contributed by atoms with E-state index in [9.17, 15) is 9.59 Å². The summed E-state index contributed by atoms with van der Waals surface area (Å²) in [5, 5.41) is 0. The van der Waals surface area contributed by atoms with E-state index >= 15 is 0 Å². The van der Waals surface area contributed by atoms with Crippen molar-refractivity contribution in [1.29, 1.82) is 0 Å². The van der Waals surface area contributed by atoms with Crippen molar-refractivity contribution in [2.45, 2.75) is 12.5 Å². The second-order valence-electron chi connectivity index (χ2n) is 5.07. The van der Waals surface area contributed by atoms with Gasteiger partial charge in [0.2, 0.25) is 5.91 Å². The van der Waals surface area contributed by atoms with Crippen LogP contribution in [0, 0.1) is 0 Å². The minimum atomic E-state index is -0.806. The molecule has 0 aliphatic carbocycles. The SMILES string of the molecule is NC(=O)CC1N=C(c2ccc(-c3ccccn3)cc2)NNC1=O. The molecule has 7 nitrogen and oxygen atoms in total. The number of hydrogen-bond acceptors (Lipinski definition) is 5. The van der Waals surface area contributed by atoms with Crippen molar-refractivity contribution >= 4 is 17.6 Å². The largest absolute Gasteiger partial charge is 0.370 e. The van der Waals surface area contributed by atoms with E-state index < -0.39 is 11.9 Å². The average Bonchev–Trinajstić information content (AvgIpc) is 2.57. The van der Waals surface area contributed by atoms with Crippen molar-refractivity contribution in [3.63, 3.8) is 0 Å². The number of pyridine rings is 1. The van der Waals surface area contributed by atoms with Crippen LogP contribution < -0.4 is 16.6 Å². The van der Waals surface area contributed by atoms with E-state index in [0.29, 0.717) is 5.84 Å². The highest BCUT2D eigenvalue weighted by molar-refractivity contribution is 6.04. The first-order valence-corrected chi connectivity index (χ1v) is 7.07. The number of amidine groups is 1. The number of amides is 2. The van der Waals surface area contributed by atoms with Gasteiger partial charge in [-0.3, -0.25) is 30.4 Å². The van der Waals surface area contributed by atoms with Crippen LogP contribution in [0.3, 0.4) is 0 Å². The molecule has 0 spiro atoms. The third kappa shape index (κ3) is 3.34. The molecule has 1 aromatic carbocycles. The minimum Gasteiger partial charge on any atom is -0.370 e. The number of nitrogens with two attached hydrogens (primary N) is 1. The molecular formula is C16H15N5O2. The van der Waals surface area contributed by atoms with E-state index in [4.69, 9.17) is 5.73 Å². The molecule has 1 atom stereocenters. The van der Waals surface area contributed by atoms with Gasteiger partial charge in [-0.25, -0.2) is 0 Å². The average molecular weight is 309 g/mol. The number of rotatable bonds is 4. The molecule has 2 heterocycles. The van der Waals surface area contributed by atoms with Crippen LogP contribution in [0.25, 0.3) is 11.3 Å². The Labute approximate surface area is 132 Å². The zero-order chi connectivity index (χ0) is 16.2. The van der Waals surface area contributed by atoms with Gasteiger partial charge in [-0.05, 0) is 12.1 Å². The first kappa shape index (κ1) is 14.7. The maximum Gasteiger partial charge on any atom is 0.263 e. The normalized spacial score (nSPS) is 17.0. The summed E-state index contributed by atoms with van der Waals surface area (Å²) in [6, 6.07) is 12.5. The summed E-state index contributed by atoms with van der Waals surface area (Å²) in [7, 11) is 0. The highest BCUT2D eigenvalue weighted by Crippen LogP contribution is 2.17. The number of nitrogens with zero attached hydrogens (tertiary/aromatic N) is 2. The van der Waals surface area contributed by atoms with Gasteiger partial charge in [0.15, 0.2) is 0 Å². The molecule has 0 bridgehead atoms. The van der Waals surface area contributed by atoms with Gasteiger partial charge in [0.25, 0.3) is 5.91 Å². The Kier molecular flexibility index (Phi) is 4.01. The number of carbonyl (C=O) groups excluding carboxylic acids is 2. The summed E-state index contributed by atoms with van der Waals surface area (Å²) < 4.78 is 0. The van der Waals surface area contributed by atoms with E-state index in [1.165, 1.54) is 0 Å². The summed E-state index contributed by atoms with van der Waals surface area (Å²) in [6.07, 6.45) is 1.61. The predicted molar refractivity (Wildman–Crippen MR) is 85.1 cm³/mol. The van der Waals surface area contributed by atoms with Gasteiger partial charge in [0.1, 0.15) is 11.9 Å². The van der Waals surface area contributed by atoms with Crippen LogP contribution in [0.15, 0.2) is 53.7 Å². The van der Waals surface area contributed by atoms with E-state index in [1.54, 1.807) is 6.20 Å². The molecule has 2 aromatic rings. The molecular weight excluding hydrogens is 294 g/mol. The lowest BCUT2D eigenvalue weighted by atomic mass is 10.1. The van der Waals surface area contributed by atoms with Crippen molar-refractivity contribution in [3.8, 4) is 11.3 Å². The van der Waals surface area contributed by atoms with Crippen LogP contribution in [-0.4, -0.2) is 28.7 Å². The molecule has 1 aliphatic heterocycles. The number of aliphatic imine (C=N–C) groups is 1. The van der Waals surface area contributed by atoms with E-state index in [1.807, 2.05) is 42.5 Å². The Morgan fingerprint density at radius 2 is 1.83 bits per heavy atom. The lowest BCUT2D eigenvalue weighted by molar-refractivity contribution is -0.127. The Morgan fingerprint density at radius 3 is 2.48 bits per heavy atom. The molecule has 4 N–H and O–H groups in total. The standard InChI is InChI=1S/C16H15N5O2/c17-14(22)9-13-16(23)21-20-15(19-13)11-6-4-10(5-7-11)12-3-1-2-8-18-12/h1-8,13H,9H2,(H2,17,22)(H,19,20)(H,21,23). The molecule has 0 radical (unpaired) electrons. The van der Waals surface area contributed by atoms with E-state index in [-0.39, 0.29) is 12.3 Å². The number of nitrogens with one attached hydrogen (secondary N) is 2. The van der Waals surface area contributed by atoms with Crippen molar-refractivity contribution in [2.24, 2.45) is 10.7 Å². The van der Waals surface area contributed by atoms with Crippen molar-refractivity contribution in [1.82, 2.24) is 15.8 Å². The summed E-state index contributed by atoms with van der Waals surface area (Å²) in [6.45, 7) is 0. The number of hydrogen-bond donors (Lipinski definition) is 3. The number of primary amides is 1. The number of aromatic nitrogens is 1. The fraction of sp³-hybridized carbons (Fsp3) is 0.125. The zero-order valence-electron chi connectivity index (χ0n) is 12.2. The quantitative estimate of drug-likeness (QED) is 0.758. The van der Waals surface area contributed by atoms with Crippen LogP contribution in [0.4, 0.5) is 0 Å². The molecule has 116 valence electrons. The summed E-state index contributed by atoms with van der Waals surface area (Å²) in [5.74, 6) is -0.457. The highest BCUT2D eigenvalue weighted by Gasteiger charge is 2.25. The van der Waals surface area contributed by atoms with Crippen molar-refractivity contribution < 1.29 is 9.59 Å². The molecule has 1 aromatic heterocycles. The van der Waals surface area contributed by atoms with Crippen LogP contribution in [0.1, 0.15) is 12.0 Å². The van der Waals surface area contributed by atoms with Crippen LogP contribution in [0.5, 0.6) is 0 Å². The third-order valence-electron chi connectivity index (χ3n) is 3.41. The van der Waals surface area contributed by atoms with Gasteiger partial charge in [-0.15, -0.1) is 0 Å². The maximum absolute atomic E-state index is 11.6. The highest BCUT2D eigenvalue weighted by atomic mass is 16.2. The number of benzene rings is 1. The summed E-state index contributed by atoms with van der Waals surface area (Å²) in [5.41, 5.74) is 13.0. The van der Waals surface area contributed by atoms with Crippen LogP contribution in [-0.2, 0) is 9.59 Å². The second kappa shape index (κ2) is 6.27. The molecule has 2 amide bonds. The Morgan fingerprint density at radius 1 is 1.09 bits per heavy atom. The Hall–Kier alpha value is -3.22. The minimum absolute atomic E-state index is 0.122. The Bertz CT molecular complexity index is 756. The first-order valence-electron chi connectivity index (χ1n) is 7.07. The predicted octanol–water partition coefficient (Wildman–Crippen LogP) is 0.374. The molecule has 0 saturated heterocycles. The van der Waals surface area contributed by atoms with Gasteiger partial charge < -0.3 is 5.73 Å². The van der Waals surface area contributed by atoms with Crippen LogP contribution in [0.2, 0.25) is 0 Å². The Balaban J connectivity index is 1.84. The lowest BCUT2D eigenvalue weighted by Crippen LogP contribution is -2.52. The number of carbonyl (C=O) groups is 2. The topological polar surface area (TPSA) is 109 Å². The maximum atomic E-state index is 11.6. The molecule has 0 fully saturated rings. The second-order valence-corrected chi connectivity index (χ2v) is 5.07. The summed E-state index contributed by atoms with van der Waals surface area (Å²) >= 11 is 0. The van der Waals surface area contributed by atoms with Gasteiger partial charge in [0.05, 0.1) is 12.1 Å².